The Hall–Kier alpha value is -1.77. The standard InChI is InChI=1S/C16H14ClFN2OS/c1-16(2,3)12-8-22-15(20-12)9(7-19)14(21)13-10(17)5-4-6-11(13)18/h4-6,8,20H,1-3H3. The van der Waals surface area contributed by atoms with Crippen molar-refractivity contribution >= 4 is 29.1 Å². The summed E-state index contributed by atoms with van der Waals surface area (Å²) in [5, 5.41) is 14.6. The molecule has 6 heteroatoms. The van der Waals surface area contributed by atoms with Crippen molar-refractivity contribution < 1.29 is 9.18 Å². The van der Waals surface area contributed by atoms with Gasteiger partial charge in [0.2, 0.25) is 5.78 Å². The van der Waals surface area contributed by atoms with Gasteiger partial charge in [0, 0.05) is 11.1 Å². The van der Waals surface area contributed by atoms with Gasteiger partial charge in [-0.1, -0.05) is 50.2 Å². The summed E-state index contributed by atoms with van der Waals surface area (Å²) in [5.41, 5.74) is 0.327. The van der Waals surface area contributed by atoms with Crippen LogP contribution < -0.4 is 5.32 Å². The van der Waals surface area contributed by atoms with E-state index >= 15 is 0 Å². The Bertz CT molecular complexity index is 721. The van der Waals surface area contributed by atoms with Crippen LogP contribution in [0.1, 0.15) is 31.1 Å². The molecule has 0 saturated heterocycles. The molecule has 0 atom stereocenters. The van der Waals surface area contributed by atoms with Crippen LogP contribution in [-0.2, 0) is 0 Å². The molecule has 0 aliphatic carbocycles. The fraction of sp³-hybridized carbons (Fsp3) is 0.250. The zero-order chi connectivity index (χ0) is 16.5. The van der Waals surface area contributed by atoms with Gasteiger partial charge in [-0.05, 0) is 17.5 Å². The van der Waals surface area contributed by atoms with Crippen molar-refractivity contribution in [3.05, 3.63) is 56.3 Å². The highest BCUT2D eigenvalue weighted by Crippen LogP contribution is 2.36. The molecule has 0 saturated carbocycles. The number of nitrogens with one attached hydrogen (secondary N) is 1. The summed E-state index contributed by atoms with van der Waals surface area (Å²) in [6.45, 7) is 6.03. The molecule has 114 valence electrons. The normalized spacial score (nSPS) is 16.6. The van der Waals surface area contributed by atoms with Crippen LogP contribution in [0.4, 0.5) is 4.39 Å². The lowest BCUT2D eigenvalue weighted by Crippen LogP contribution is -2.21. The number of carbonyl (C=O) groups is 1. The fourth-order valence-corrected chi connectivity index (χ4v) is 3.15. The van der Waals surface area contributed by atoms with Crippen LogP contribution in [0, 0.1) is 22.6 Å². The minimum Gasteiger partial charge on any atom is -0.351 e. The monoisotopic (exact) mass is 336 g/mol. The first kappa shape index (κ1) is 16.6. The third kappa shape index (κ3) is 3.18. The second-order valence-corrected chi connectivity index (χ2v) is 7.05. The van der Waals surface area contributed by atoms with E-state index in [2.05, 4.69) is 5.32 Å². The first-order valence-corrected chi connectivity index (χ1v) is 7.79. The maximum Gasteiger partial charge on any atom is 0.210 e. The summed E-state index contributed by atoms with van der Waals surface area (Å²) >= 11 is 7.14. The van der Waals surface area contributed by atoms with Gasteiger partial charge in [-0.3, -0.25) is 4.79 Å². The lowest BCUT2D eigenvalue weighted by molar-refractivity contribution is 0.103. The lowest BCUT2D eigenvalue weighted by atomic mass is 9.93. The van der Waals surface area contributed by atoms with Crippen LogP contribution >= 0.6 is 23.4 Å². The van der Waals surface area contributed by atoms with Crippen molar-refractivity contribution in [3.63, 3.8) is 0 Å². The summed E-state index contributed by atoms with van der Waals surface area (Å²) in [7, 11) is 0. The molecule has 1 aromatic carbocycles. The highest BCUT2D eigenvalue weighted by Gasteiger charge is 2.28. The lowest BCUT2D eigenvalue weighted by Gasteiger charge is -2.20. The van der Waals surface area contributed by atoms with Crippen LogP contribution in [0.25, 0.3) is 0 Å². The zero-order valence-electron chi connectivity index (χ0n) is 12.3. The van der Waals surface area contributed by atoms with Crippen LogP contribution in [0.15, 0.2) is 39.9 Å². The van der Waals surface area contributed by atoms with Crippen LogP contribution in [-0.4, -0.2) is 5.78 Å². The van der Waals surface area contributed by atoms with Crippen LogP contribution in [0.3, 0.4) is 0 Å². The number of ketones is 1. The van der Waals surface area contributed by atoms with E-state index in [1.54, 1.807) is 0 Å². The van der Waals surface area contributed by atoms with E-state index in [0.717, 1.165) is 11.8 Å². The molecular weight excluding hydrogens is 323 g/mol. The van der Waals surface area contributed by atoms with Gasteiger partial charge in [0.15, 0.2) is 0 Å². The van der Waals surface area contributed by atoms with Crippen LogP contribution in [0.5, 0.6) is 0 Å². The van der Waals surface area contributed by atoms with Crippen molar-refractivity contribution in [1.82, 2.24) is 5.32 Å². The molecule has 3 nitrogen and oxygen atoms in total. The number of allylic oxidation sites excluding steroid dienone is 2. The van der Waals surface area contributed by atoms with Gasteiger partial charge >= 0.3 is 0 Å². The summed E-state index contributed by atoms with van der Waals surface area (Å²) in [5.74, 6) is -1.46. The van der Waals surface area contributed by atoms with Crippen molar-refractivity contribution in [3.8, 4) is 6.07 Å². The highest BCUT2D eigenvalue weighted by molar-refractivity contribution is 8.06. The highest BCUT2D eigenvalue weighted by atomic mass is 35.5. The van der Waals surface area contributed by atoms with E-state index in [1.807, 2.05) is 32.2 Å². The molecule has 1 heterocycles. The Morgan fingerprint density at radius 3 is 2.59 bits per heavy atom. The first-order chi connectivity index (χ1) is 10.3. The fourth-order valence-electron chi connectivity index (χ4n) is 1.83. The van der Waals surface area contributed by atoms with E-state index in [-0.39, 0.29) is 21.6 Å². The second-order valence-electron chi connectivity index (χ2n) is 5.77. The number of carbonyl (C=O) groups excluding carboxylic acids is 1. The van der Waals surface area contributed by atoms with Gasteiger partial charge in [0.25, 0.3) is 0 Å². The van der Waals surface area contributed by atoms with E-state index in [9.17, 15) is 14.4 Å². The average molecular weight is 337 g/mol. The SMILES string of the molecule is CC(C)(C)C1=CSC(=C(C#N)C(=O)c2c(F)cccc2Cl)N1. The van der Waals surface area contributed by atoms with Gasteiger partial charge in [0.05, 0.1) is 15.6 Å². The number of nitrogens with zero attached hydrogens (tertiary/aromatic N) is 1. The van der Waals surface area contributed by atoms with Gasteiger partial charge in [-0.2, -0.15) is 5.26 Å². The third-order valence-electron chi connectivity index (χ3n) is 3.11. The Morgan fingerprint density at radius 1 is 1.41 bits per heavy atom. The molecule has 0 radical (unpaired) electrons. The molecule has 1 N–H and O–H groups in total. The largest absolute Gasteiger partial charge is 0.351 e. The molecule has 2 rings (SSSR count). The predicted molar refractivity (Wildman–Crippen MR) is 86.6 cm³/mol. The molecule has 0 aromatic heterocycles. The van der Waals surface area contributed by atoms with E-state index < -0.39 is 11.6 Å². The molecule has 1 aromatic rings. The molecule has 0 spiro atoms. The number of Topliss-reactive ketones (excluding diaryl/α,β-unsaturated/α-hetero) is 1. The number of rotatable bonds is 2. The number of benzene rings is 1. The first-order valence-electron chi connectivity index (χ1n) is 6.53. The van der Waals surface area contributed by atoms with Crippen LogP contribution in [0.2, 0.25) is 5.02 Å². The van der Waals surface area contributed by atoms with E-state index in [0.29, 0.717) is 5.03 Å². The second kappa shape index (κ2) is 6.15. The van der Waals surface area contributed by atoms with E-state index in [1.165, 1.54) is 23.9 Å². The van der Waals surface area contributed by atoms with Gasteiger partial charge < -0.3 is 5.32 Å². The Morgan fingerprint density at radius 2 is 2.09 bits per heavy atom. The average Bonchev–Trinajstić information content (AvgIpc) is 2.89. The zero-order valence-corrected chi connectivity index (χ0v) is 13.9. The quantitative estimate of drug-likeness (QED) is 0.486. The Labute approximate surface area is 137 Å². The number of halogens is 2. The minimum absolute atomic E-state index is 0.00893. The maximum absolute atomic E-state index is 13.9. The Kier molecular flexibility index (Phi) is 4.64. The third-order valence-corrected chi connectivity index (χ3v) is 4.32. The summed E-state index contributed by atoms with van der Waals surface area (Å²) in [6, 6.07) is 5.84. The number of hydrogen-bond acceptors (Lipinski definition) is 4. The van der Waals surface area contributed by atoms with E-state index in [4.69, 9.17) is 11.6 Å². The summed E-state index contributed by atoms with van der Waals surface area (Å²) < 4.78 is 13.9. The van der Waals surface area contributed by atoms with Crippen molar-refractivity contribution in [2.75, 3.05) is 0 Å². The topological polar surface area (TPSA) is 52.9 Å². The molecule has 0 bridgehead atoms. The van der Waals surface area contributed by atoms with Gasteiger partial charge in [-0.25, -0.2) is 4.39 Å². The Balaban J connectivity index is 2.41. The molecule has 1 aliphatic rings. The molecule has 0 unspecified atom stereocenters. The van der Waals surface area contributed by atoms with Crippen molar-refractivity contribution in [1.29, 1.82) is 5.26 Å². The predicted octanol–water partition coefficient (Wildman–Crippen LogP) is 4.62. The van der Waals surface area contributed by atoms with Crippen molar-refractivity contribution in [2.24, 2.45) is 5.41 Å². The number of nitriles is 1. The summed E-state index contributed by atoms with van der Waals surface area (Å²) in [6.07, 6.45) is 0. The molecule has 0 amide bonds. The molecular formula is C16H14ClFN2OS. The van der Waals surface area contributed by atoms with Gasteiger partial charge in [-0.15, -0.1) is 0 Å². The van der Waals surface area contributed by atoms with Crippen molar-refractivity contribution in [2.45, 2.75) is 20.8 Å². The van der Waals surface area contributed by atoms with Gasteiger partial charge in [0.1, 0.15) is 17.5 Å². The minimum atomic E-state index is -0.738. The molecule has 22 heavy (non-hydrogen) atoms. The molecule has 1 aliphatic heterocycles. The summed E-state index contributed by atoms with van der Waals surface area (Å²) in [4.78, 5) is 12.5. The number of thioether (sulfide) groups is 1. The molecule has 0 fully saturated rings. The number of hydrogen-bond donors (Lipinski definition) is 1. The maximum atomic E-state index is 13.9. The smallest absolute Gasteiger partial charge is 0.210 e.